The maximum Gasteiger partial charge on any atom is 0.182 e. The number of amidine groups is 1. The molecule has 0 N–H and O–H groups in total. The molecule has 0 atom stereocenters. The summed E-state index contributed by atoms with van der Waals surface area (Å²) in [6.45, 7) is 0.943. The van der Waals surface area contributed by atoms with Crippen molar-refractivity contribution in [3.63, 3.8) is 0 Å². The minimum Gasteiger partial charge on any atom is -0.260 e. The molecule has 1 aliphatic heterocycles. The molecule has 1 heterocycles. The van der Waals surface area contributed by atoms with Gasteiger partial charge in [-0.15, -0.1) is 0 Å². The number of rotatable bonds is 1. The molecule has 1 aliphatic carbocycles. The molecule has 0 aromatic heterocycles. The Morgan fingerprint density at radius 2 is 2.36 bits per heavy atom. The van der Waals surface area contributed by atoms with E-state index in [1.54, 1.807) is 0 Å². The SMILES string of the molecule is C1=NC(SC2CCC2)=NCC1. The van der Waals surface area contributed by atoms with Crippen LogP contribution < -0.4 is 0 Å². The van der Waals surface area contributed by atoms with Gasteiger partial charge in [-0.2, -0.15) is 0 Å². The number of hydrogen-bond donors (Lipinski definition) is 0. The third-order valence-electron chi connectivity index (χ3n) is 2.03. The molecular weight excluding hydrogens is 156 g/mol. The lowest BCUT2D eigenvalue weighted by Gasteiger charge is -2.24. The summed E-state index contributed by atoms with van der Waals surface area (Å²) in [7, 11) is 0. The summed E-state index contributed by atoms with van der Waals surface area (Å²) in [5.41, 5.74) is 0. The van der Waals surface area contributed by atoms with Crippen molar-refractivity contribution in [2.24, 2.45) is 9.98 Å². The van der Waals surface area contributed by atoms with Crippen LogP contribution in [0.25, 0.3) is 0 Å². The van der Waals surface area contributed by atoms with Crippen molar-refractivity contribution in [3.05, 3.63) is 0 Å². The van der Waals surface area contributed by atoms with Gasteiger partial charge in [-0.1, -0.05) is 18.2 Å². The Bertz CT molecular complexity index is 194. The summed E-state index contributed by atoms with van der Waals surface area (Å²) in [6, 6.07) is 0. The Balaban J connectivity index is 1.84. The van der Waals surface area contributed by atoms with Gasteiger partial charge in [0, 0.05) is 24.4 Å². The molecule has 60 valence electrons. The highest BCUT2D eigenvalue weighted by atomic mass is 32.2. The fourth-order valence-corrected chi connectivity index (χ4v) is 2.28. The van der Waals surface area contributed by atoms with Gasteiger partial charge >= 0.3 is 0 Å². The van der Waals surface area contributed by atoms with E-state index in [1.807, 2.05) is 18.0 Å². The molecule has 2 aliphatic rings. The number of aliphatic imine (C=N–C) groups is 2. The average Bonchev–Trinajstić information content (AvgIpc) is 1.99. The fraction of sp³-hybridized carbons (Fsp3) is 0.750. The maximum absolute atomic E-state index is 4.33. The summed E-state index contributed by atoms with van der Waals surface area (Å²) < 4.78 is 0. The largest absolute Gasteiger partial charge is 0.260 e. The van der Waals surface area contributed by atoms with E-state index in [0.717, 1.165) is 23.4 Å². The zero-order chi connectivity index (χ0) is 7.52. The quantitative estimate of drug-likeness (QED) is 0.588. The predicted octanol–water partition coefficient (Wildman–Crippen LogP) is 2.10. The monoisotopic (exact) mass is 168 g/mol. The predicted molar refractivity (Wildman–Crippen MR) is 50.6 cm³/mol. The van der Waals surface area contributed by atoms with Gasteiger partial charge in [-0.25, -0.2) is 4.99 Å². The van der Waals surface area contributed by atoms with Gasteiger partial charge in [0.2, 0.25) is 0 Å². The maximum atomic E-state index is 4.33. The molecule has 0 radical (unpaired) electrons. The van der Waals surface area contributed by atoms with Crippen LogP contribution in [0.4, 0.5) is 0 Å². The highest BCUT2D eigenvalue weighted by molar-refractivity contribution is 8.14. The van der Waals surface area contributed by atoms with Crippen LogP contribution in [-0.2, 0) is 0 Å². The van der Waals surface area contributed by atoms with Gasteiger partial charge in [0.1, 0.15) is 0 Å². The minimum absolute atomic E-state index is 0.823. The van der Waals surface area contributed by atoms with E-state index in [4.69, 9.17) is 0 Å². The summed E-state index contributed by atoms with van der Waals surface area (Å²) in [4.78, 5) is 8.57. The number of thioether (sulfide) groups is 1. The van der Waals surface area contributed by atoms with Gasteiger partial charge in [-0.05, 0) is 12.8 Å². The normalized spacial score (nSPS) is 24.5. The first-order valence-electron chi connectivity index (χ1n) is 4.19. The van der Waals surface area contributed by atoms with Crippen LogP contribution in [0.5, 0.6) is 0 Å². The van der Waals surface area contributed by atoms with E-state index < -0.39 is 0 Å². The summed E-state index contributed by atoms with van der Waals surface area (Å²) in [5, 5.41) is 1.84. The first-order chi connectivity index (χ1) is 5.45. The van der Waals surface area contributed by atoms with E-state index in [-0.39, 0.29) is 0 Å². The van der Waals surface area contributed by atoms with Crippen molar-refractivity contribution in [3.8, 4) is 0 Å². The average molecular weight is 168 g/mol. The molecule has 2 nitrogen and oxygen atoms in total. The van der Waals surface area contributed by atoms with Crippen LogP contribution in [0.15, 0.2) is 9.98 Å². The van der Waals surface area contributed by atoms with Crippen molar-refractivity contribution in [2.45, 2.75) is 30.9 Å². The zero-order valence-electron chi connectivity index (χ0n) is 6.49. The third kappa shape index (κ3) is 1.83. The second kappa shape index (κ2) is 3.39. The summed E-state index contributed by atoms with van der Waals surface area (Å²) in [6.07, 6.45) is 7.12. The Morgan fingerprint density at radius 3 is 2.91 bits per heavy atom. The van der Waals surface area contributed by atoms with Gasteiger partial charge in [0.05, 0.1) is 0 Å². The van der Waals surface area contributed by atoms with Crippen molar-refractivity contribution in [2.75, 3.05) is 6.54 Å². The molecule has 11 heavy (non-hydrogen) atoms. The van der Waals surface area contributed by atoms with Crippen LogP contribution in [0, 0.1) is 0 Å². The minimum atomic E-state index is 0.823. The molecular formula is C8H12N2S. The van der Waals surface area contributed by atoms with Gasteiger partial charge < -0.3 is 0 Å². The van der Waals surface area contributed by atoms with Crippen LogP contribution in [0.2, 0.25) is 0 Å². The second-order valence-electron chi connectivity index (χ2n) is 2.94. The summed E-state index contributed by atoms with van der Waals surface area (Å²) in [5.74, 6) is 0. The Morgan fingerprint density at radius 1 is 1.45 bits per heavy atom. The smallest absolute Gasteiger partial charge is 0.182 e. The van der Waals surface area contributed by atoms with Crippen LogP contribution in [0.3, 0.4) is 0 Å². The molecule has 1 saturated carbocycles. The van der Waals surface area contributed by atoms with E-state index in [9.17, 15) is 0 Å². The molecule has 0 unspecified atom stereocenters. The Labute approximate surface area is 71.2 Å². The molecule has 0 amide bonds. The van der Waals surface area contributed by atoms with Crippen molar-refractivity contribution < 1.29 is 0 Å². The van der Waals surface area contributed by atoms with Crippen LogP contribution in [0.1, 0.15) is 25.7 Å². The Hall–Kier alpha value is -0.310. The highest BCUT2D eigenvalue weighted by Gasteiger charge is 2.20. The van der Waals surface area contributed by atoms with Crippen molar-refractivity contribution in [1.82, 2.24) is 0 Å². The molecule has 0 aromatic carbocycles. The third-order valence-corrected chi connectivity index (χ3v) is 3.28. The topological polar surface area (TPSA) is 24.7 Å². The molecule has 0 bridgehead atoms. The van der Waals surface area contributed by atoms with Crippen LogP contribution >= 0.6 is 11.8 Å². The van der Waals surface area contributed by atoms with Gasteiger partial charge in [0.15, 0.2) is 5.17 Å². The standard InChI is InChI=1S/C8H12N2S/c1-3-7(4-1)11-8-9-5-2-6-10-8/h5,7H,1-4,6H2. The lowest BCUT2D eigenvalue weighted by Crippen LogP contribution is -2.16. The van der Waals surface area contributed by atoms with E-state index in [1.165, 1.54) is 19.3 Å². The zero-order valence-corrected chi connectivity index (χ0v) is 7.31. The number of nitrogens with zero attached hydrogens (tertiary/aromatic N) is 2. The lowest BCUT2D eigenvalue weighted by molar-refractivity contribution is 0.524. The Kier molecular flexibility index (Phi) is 2.26. The van der Waals surface area contributed by atoms with Gasteiger partial charge in [0.25, 0.3) is 0 Å². The molecule has 3 heteroatoms. The van der Waals surface area contributed by atoms with E-state index >= 15 is 0 Å². The fourth-order valence-electron chi connectivity index (χ4n) is 1.11. The number of hydrogen-bond acceptors (Lipinski definition) is 3. The summed E-state index contributed by atoms with van der Waals surface area (Å²) >= 11 is 1.86. The van der Waals surface area contributed by atoms with Crippen LogP contribution in [-0.4, -0.2) is 23.2 Å². The lowest BCUT2D eigenvalue weighted by atomic mass is 10.0. The van der Waals surface area contributed by atoms with Gasteiger partial charge in [-0.3, -0.25) is 4.99 Å². The van der Waals surface area contributed by atoms with E-state index in [0.29, 0.717) is 0 Å². The molecule has 0 saturated heterocycles. The molecule has 1 fully saturated rings. The molecule has 0 aromatic rings. The molecule has 2 rings (SSSR count). The highest BCUT2D eigenvalue weighted by Crippen LogP contribution is 2.32. The van der Waals surface area contributed by atoms with Crippen molar-refractivity contribution in [1.29, 1.82) is 0 Å². The van der Waals surface area contributed by atoms with E-state index in [2.05, 4.69) is 9.98 Å². The second-order valence-corrected chi connectivity index (χ2v) is 4.20. The first-order valence-corrected chi connectivity index (χ1v) is 5.07. The molecule has 0 spiro atoms. The van der Waals surface area contributed by atoms with Crippen molar-refractivity contribution >= 4 is 23.1 Å². The first kappa shape index (κ1) is 7.35.